The van der Waals surface area contributed by atoms with Gasteiger partial charge < -0.3 is 29.6 Å². The standard InChI is InChI=1S/C35H34N2O7S/c1-5-44-27-16-14-24(15-17-27)30(38)22-45-28-13-9-12-26(21-28)36-35(40)29(37-34(39)25-10-7-6-8-11-25)18-23-19-31(41-2)33(43-4)32(20-23)42-3/h6-21H,5,22H2,1-4H3,(H,36,40)(H,37,39)/b29-18-. The number of rotatable bonds is 14. The van der Waals surface area contributed by atoms with Gasteiger partial charge in [0.1, 0.15) is 11.4 Å². The second-order valence-corrected chi connectivity index (χ2v) is 10.5. The van der Waals surface area contributed by atoms with Crippen LogP contribution < -0.4 is 29.6 Å². The molecule has 0 aliphatic heterocycles. The lowest BCUT2D eigenvalue weighted by molar-refractivity contribution is -0.113. The van der Waals surface area contributed by atoms with E-state index in [-0.39, 0.29) is 17.2 Å². The summed E-state index contributed by atoms with van der Waals surface area (Å²) in [5.74, 6) is 1.06. The fourth-order valence-electron chi connectivity index (χ4n) is 4.29. The Morgan fingerprint density at radius 2 is 1.47 bits per heavy atom. The minimum absolute atomic E-state index is 0.0122. The summed E-state index contributed by atoms with van der Waals surface area (Å²) in [5, 5.41) is 5.58. The van der Waals surface area contributed by atoms with Gasteiger partial charge in [-0.2, -0.15) is 0 Å². The second kappa shape index (κ2) is 16.0. The van der Waals surface area contributed by atoms with Gasteiger partial charge in [-0.1, -0.05) is 24.3 Å². The number of anilines is 1. The molecule has 0 spiro atoms. The van der Waals surface area contributed by atoms with Gasteiger partial charge in [-0.3, -0.25) is 14.4 Å². The van der Waals surface area contributed by atoms with Crippen molar-refractivity contribution in [3.8, 4) is 23.0 Å². The number of thioether (sulfide) groups is 1. The molecule has 232 valence electrons. The van der Waals surface area contributed by atoms with Gasteiger partial charge in [-0.15, -0.1) is 11.8 Å². The van der Waals surface area contributed by atoms with Crippen LogP contribution in [0.15, 0.2) is 102 Å². The molecule has 0 saturated carbocycles. The van der Waals surface area contributed by atoms with Crippen LogP contribution in [0.2, 0.25) is 0 Å². The first-order valence-corrected chi connectivity index (χ1v) is 15.0. The van der Waals surface area contributed by atoms with Crippen LogP contribution in [0.25, 0.3) is 6.08 Å². The molecule has 45 heavy (non-hydrogen) atoms. The Morgan fingerprint density at radius 3 is 2.09 bits per heavy atom. The molecule has 0 aliphatic carbocycles. The number of Topliss-reactive ketones (excluding diaryl/α,β-unsaturated/α-hetero) is 1. The van der Waals surface area contributed by atoms with Gasteiger partial charge >= 0.3 is 0 Å². The van der Waals surface area contributed by atoms with E-state index in [0.717, 1.165) is 4.90 Å². The molecule has 2 amide bonds. The maximum atomic E-state index is 13.6. The van der Waals surface area contributed by atoms with E-state index in [0.29, 0.717) is 52.0 Å². The van der Waals surface area contributed by atoms with E-state index < -0.39 is 11.8 Å². The Hall–Kier alpha value is -5.22. The first kappa shape index (κ1) is 32.7. The number of hydrogen-bond donors (Lipinski definition) is 2. The highest BCUT2D eigenvalue weighted by atomic mass is 32.2. The Kier molecular flexibility index (Phi) is 11.6. The Bertz CT molecular complexity index is 1650. The normalized spacial score (nSPS) is 10.9. The predicted octanol–water partition coefficient (Wildman–Crippen LogP) is 6.50. The fraction of sp³-hybridized carbons (Fsp3) is 0.171. The number of ether oxygens (including phenoxy) is 4. The van der Waals surface area contributed by atoms with Gasteiger partial charge in [-0.05, 0) is 85.3 Å². The van der Waals surface area contributed by atoms with Crippen molar-refractivity contribution >= 4 is 41.1 Å². The number of carbonyl (C=O) groups is 3. The monoisotopic (exact) mass is 626 g/mol. The third-order valence-corrected chi connectivity index (χ3v) is 7.47. The molecule has 0 saturated heterocycles. The SMILES string of the molecule is CCOc1ccc(C(=O)CSc2cccc(NC(=O)/C(=C/c3cc(OC)c(OC)c(OC)c3)NC(=O)c3ccccc3)c2)cc1. The van der Waals surface area contributed by atoms with Gasteiger partial charge in [0.2, 0.25) is 5.75 Å². The molecule has 0 unspecified atom stereocenters. The van der Waals surface area contributed by atoms with Gasteiger partial charge in [0, 0.05) is 21.7 Å². The predicted molar refractivity (Wildman–Crippen MR) is 176 cm³/mol. The molecule has 4 aromatic rings. The zero-order valence-electron chi connectivity index (χ0n) is 25.4. The van der Waals surface area contributed by atoms with Gasteiger partial charge in [0.25, 0.3) is 11.8 Å². The van der Waals surface area contributed by atoms with Crippen molar-refractivity contribution in [3.63, 3.8) is 0 Å². The quantitative estimate of drug-likeness (QED) is 0.0928. The molecule has 9 nitrogen and oxygen atoms in total. The zero-order valence-corrected chi connectivity index (χ0v) is 26.2. The molecule has 0 aromatic heterocycles. The molecule has 0 aliphatic rings. The highest BCUT2D eigenvalue weighted by Crippen LogP contribution is 2.38. The maximum absolute atomic E-state index is 13.6. The van der Waals surface area contributed by atoms with Crippen LogP contribution in [-0.2, 0) is 4.79 Å². The van der Waals surface area contributed by atoms with Crippen molar-refractivity contribution in [1.82, 2.24) is 5.32 Å². The van der Waals surface area contributed by atoms with Crippen molar-refractivity contribution in [2.24, 2.45) is 0 Å². The first-order valence-electron chi connectivity index (χ1n) is 14.0. The molecule has 0 fully saturated rings. The molecular formula is C35H34N2O7S. The lowest BCUT2D eigenvalue weighted by atomic mass is 10.1. The average molecular weight is 627 g/mol. The Labute approximate surface area is 266 Å². The van der Waals surface area contributed by atoms with Crippen LogP contribution >= 0.6 is 11.8 Å². The summed E-state index contributed by atoms with van der Waals surface area (Å²) in [4.78, 5) is 40.2. The third kappa shape index (κ3) is 8.90. The number of carbonyl (C=O) groups excluding carboxylic acids is 3. The van der Waals surface area contributed by atoms with Crippen molar-refractivity contribution < 1.29 is 33.3 Å². The summed E-state index contributed by atoms with van der Waals surface area (Å²) in [5.41, 5.74) is 1.98. The van der Waals surface area contributed by atoms with Crippen LogP contribution in [0.5, 0.6) is 23.0 Å². The van der Waals surface area contributed by atoms with E-state index in [1.807, 2.05) is 13.0 Å². The molecule has 0 bridgehead atoms. The van der Waals surface area contributed by atoms with Crippen LogP contribution in [0.3, 0.4) is 0 Å². The number of amides is 2. The minimum Gasteiger partial charge on any atom is -0.494 e. The summed E-state index contributed by atoms with van der Waals surface area (Å²) < 4.78 is 21.7. The smallest absolute Gasteiger partial charge is 0.272 e. The van der Waals surface area contributed by atoms with E-state index in [9.17, 15) is 14.4 Å². The molecule has 10 heteroatoms. The summed E-state index contributed by atoms with van der Waals surface area (Å²) in [6, 6.07) is 26.1. The fourth-order valence-corrected chi connectivity index (χ4v) is 5.14. The summed E-state index contributed by atoms with van der Waals surface area (Å²) in [7, 11) is 4.48. The topological polar surface area (TPSA) is 112 Å². The lowest BCUT2D eigenvalue weighted by Gasteiger charge is -2.15. The minimum atomic E-state index is -0.555. The number of benzene rings is 4. The van der Waals surface area contributed by atoms with Gasteiger partial charge in [0.15, 0.2) is 17.3 Å². The molecule has 0 atom stereocenters. The molecule has 0 heterocycles. The van der Waals surface area contributed by atoms with Crippen molar-refractivity contribution in [2.45, 2.75) is 11.8 Å². The molecule has 0 radical (unpaired) electrons. The van der Waals surface area contributed by atoms with E-state index >= 15 is 0 Å². The summed E-state index contributed by atoms with van der Waals surface area (Å²) in [6.07, 6.45) is 1.52. The van der Waals surface area contributed by atoms with Crippen LogP contribution in [0.4, 0.5) is 5.69 Å². The molecular weight excluding hydrogens is 592 g/mol. The molecule has 4 rings (SSSR count). The van der Waals surface area contributed by atoms with Crippen molar-refractivity contribution in [2.75, 3.05) is 39.0 Å². The van der Waals surface area contributed by atoms with Gasteiger partial charge in [0.05, 0.1) is 33.7 Å². The van der Waals surface area contributed by atoms with Crippen molar-refractivity contribution in [1.29, 1.82) is 0 Å². The number of hydrogen-bond acceptors (Lipinski definition) is 8. The van der Waals surface area contributed by atoms with Crippen molar-refractivity contribution in [3.05, 3.63) is 113 Å². The lowest BCUT2D eigenvalue weighted by Crippen LogP contribution is -2.30. The second-order valence-electron chi connectivity index (χ2n) is 9.49. The summed E-state index contributed by atoms with van der Waals surface area (Å²) in [6.45, 7) is 2.46. The third-order valence-electron chi connectivity index (χ3n) is 6.48. The highest BCUT2D eigenvalue weighted by molar-refractivity contribution is 8.00. The maximum Gasteiger partial charge on any atom is 0.272 e. The number of methoxy groups -OCH3 is 3. The summed E-state index contributed by atoms with van der Waals surface area (Å²) >= 11 is 1.35. The molecule has 2 N–H and O–H groups in total. The van der Waals surface area contributed by atoms with Crippen LogP contribution in [0.1, 0.15) is 33.2 Å². The Balaban J connectivity index is 1.54. The van der Waals surface area contributed by atoms with E-state index in [4.69, 9.17) is 18.9 Å². The van der Waals surface area contributed by atoms with Gasteiger partial charge in [-0.25, -0.2) is 0 Å². The number of nitrogens with one attached hydrogen (secondary N) is 2. The zero-order chi connectivity index (χ0) is 32.2. The molecule has 4 aromatic carbocycles. The average Bonchev–Trinajstić information content (AvgIpc) is 3.07. The van der Waals surface area contributed by atoms with E-state index in [1.165, 1.54) is 39.2 Å². The highest BCUT2D eigenvalue weighted by Gasteiger charge is 2.18. The van der Waals surface area contributed by atoms with E-state index in [1.54, 1.807) is 84.9 Å². The largest absolute Gasteiger partial charge is 0.494 e. The number of ketones is 1. The van der Waals surface area contributed by atoms with Crippen LogP contribution in [0, 0.1) is 0 Å². The Morgan fingerprint density at radius 1 is 0.778 bits per heavy atom. The van der Waals surface area contributed by atoms with Crippen LogP contribution in [-0.4, -0.2) is 51.3 Å². The van der Waals surface area contributed by atoms with E-state index in [2.05, 4.69) is 10.6 Å². The first-order chi connectivity index (χ1) is 21.8.